The summed E-state index contributed by atoms with van der Waals surface area (Å²) in [7, 11) is -1.91. The summed E-state index contributed by atoms with van der Waals surface area (Å²) >= 11 is 0. The van der Waals surface area contributed by atoms with Crippen molar-refractivity contribution in [3.05, 3.63) is 18.0 Å². The monoisotopic (exact) mass is 384 g/mol. The molecule has 2 unspecified atom stereocenters. The Hall–Kier alpha value is -1.38. The van der Waals surface area contributed by atoms with Gasteiger partial charge in [0.25, 0.3) is 5.91 Å². The topological polar surface area (TPSA) is 97.4 Å². The molecule has 8 heteroatoms. The van der Waals surface area contributed by atoms with E-state index in [-0.39, 0.29) is 16.7 Å². The molecule has 1 amide bonds. The van der Waals surface area contributed by atoms with Gasteiger partial charge < -0.3 is 15.6 Å². The van der Waals surface area contributed by atoms with Crippen molar-refractivity contribution in [2.24, 2.45) is 24.6 Å². The maximum Gasteiger partial charge on any atom is 0.268 e. The third-order valence-electron chi connectivity index (χ3n) is 5.57. The minimum absolute atomic E-state index is 0.148. The second-order valence-electron chi connectivity index (χ2n) is 8.01. The summed E-state index contributed by atoms with van der Waals surface area (Å²) < 4.78 is 28.9. The van der Waals surface area contributed by atoms with Crippen molar-refractivity contribution in [3.63, 3.8) is 0 Å². The fourth-order valence-electron chi connectivity index (χ4n) is 3.17. The molecule has 2 rings (SSSR count). The van der Waals surface area contributed by atoms with Crippen molar-refractivity contribution < 1.29 is 13.2 Å². The van der Waals surface area contributed by atoms with Crippen molar-refractivity contribution >= 4 is 15.9 Å². The van der Waals surface area contributed by atoms with Gasteiger partial charge in [0.1, 0.15) is 10.6 Å². The lowest BCUT2D eigenvalue weighted by Gasteiger charge is -2.33. The second kappa shape index (κ2) is 7.70. The molecule has 1 saturated heterocycles. The number of carbonyl (C=O) groups excluding carboxylic acids is 1. The zero-order valence-corrected chi connectivity index (χ0v) is 17.3. The molecular formula is C18H32N4O3S. The number of carbonyl (C=O) groups is 1. The lowest BCUT2D eigenvalue weighted by molar-refractivity contribution is 0.0874. The number of hydrogen-bond donors (Lipinski definition) is 2. The number of sulfonamides is 1. The van der Waals surface area contributed by atoms with Crippen LogP contribution in [0.25, 0.3) is 0 Å². The highest BCUT2D eigenvalue weighted by molar-refractivity contribution is 7.89. The molecule has 0 bridgehead atoms. The van der Waals surface area contributed by atoms with E-state index >= 15 is 0 Å². The highest BCUT2D eigenvalue weighted by Gasteiger charge is 2.33. The predicted octanol–water partition coefficient (Wildman–Crippen LogP) is 1.55. The fourth-order valence-corrected chi connectivity index (χ4v) is 4.84. The van der Waals surface area contributed by atoms with Crippen LogP contribution in [0.3, 0.4) is 0 Å². The Kier molecular flexibility index (Phi) is 6.20. The van der Waals surface area contributed by atoms with Crippen molar-refractivity contribution in [3.8, 4) is 0 Å². The molecule has 1 fully saturated rings. The maximum absolute atomic E-state index is 12.9. The molecule has 2 heterocycles. The quantitative estimate of drug-likeness (QED) is 0.777. The summed E-state index contributed by atoms with van der Waals surface area (Å²) in [5.74, 6) is 0.179. The second-order valence-corrected chi connectivity index (χ2v) is 9.95. The molecule has 2 atom stereocenters. The van der Waals surface area contributed by atoms with Gasteiger partial charge in [-0.3, -0.25) is 4.79 Å². The molecule has 1 aliphatic heterocycles. The third kappa shape index (κ3) is 4.13. The first-order valence-corrected chi connectivity index (χ1v) is 10.6. The number of amides is 1. The van der Waals surface area contributed by atoms with E-state index in [1.165, 1.54) is 16.6 Å². The molecule has 0 saturated carbocycles. The minimum atomic E-state index is -3.59. The van der Waals surface area contributed by atoms with E-state index < -0.39 is 15.6 Å². The summed E-state index contributed by atoms with van der Waals surface area (Å²) in [4.78, 5) is 12.9. The molecule has 1 aromatic heterocycles. The first-order valence-electron chi connectivity index (χ1n) is 9.20. The number of nitrogens with one attached hydrogen (secondary N) is 1. The molecule has 0 aliphatic carbocycles. The highest BCUT2D eigenvalue weighted by Crippen LogP contribution is 2.25. The lowest BCUT2D eigenvalue weighted by Crippen LogP contribution is -2.55. The van der Waals surface area contributed by atoms with Gasteiger partial charge in [-0.15, -0.1) is 0 Å². The normalized spacial score (nSPS) is 21.6. The molecule has 26 heavy (non-hydrogen) atoms. The van der Waals surface area contributed by atoms with E-state index in [2.05, 4.69) is 12.2 Å². The number of nitrogens with two attached hydrogens (primary N) is 1. The number of piperidine rings is 1. The summed E-state index contributed by atoms with van der Waals surface area (Å²) in [5, 5.41) is 2.96. The average molecular weight is 385 g/mol. The number of aryl methyl sites for hydroxylation is 1. The predicted molar refractivity (Wildman–Crippen MR) is 102 cm³/mol. The van der Waals surface area contributed by atoms with Gasteiger partial charge in [-0.2, -0.15) is 4.31 Å². The van der Waals surface area contributed by atoms with Crippen LogP contribution in [0.2, 0.25) is 0 Å². The van der Waals surface area contributed by atoms with Crippen LogP contribution in [0.4, 0.5) is 0 Å². The zero-order chi connectivity index (χ0) is 19.7. The molecule has 7 nitrogen and oxygen atoms in total. The van der Waals surface area contributed by atoms with Gasteiger partial charge in [0.15, 0.2) is 0 Å². The number of rotatable bonds is 6. The van der Waals surface area contributed by atoms with E-state index in [4.69, 9.17) is 5.73 Å². The van der Waals surface area contributed by atoms with Crippen LogP contribution in [0.5, 0.6) is 0 Å². The van der Waals surface area contributed by atoms with Gasteiger partial charge in [-0.1, -0.05) is 20.8 Å². The van der Waals surface area contributed by atoms with Gasteiger partial charge >= 0.3 is 0 Å². The van der Waals surface area contributed by atoms with Gasteiger partial charge in [0.05, 0.1) is 5.54 Å². The van der Waals surface area contributed by atoms with Gasteiger partial charge in [-0.05, 0) is 37.7 Å². The molecule has 148 valence electrons. The lowest BCUT2D eigenvalue weighted by atomic mass is 9.88. The summed E-state index contributed by atoms with van der Waals surface area (Å²) in [6.45, 7) is 9.30. The number of aromatic nitrogens is 1. The molecule has 0 radical (unpaired) electrons. The molecule has 0 aromatic carbocycles. The first kappa shape index (κ1) is 20.9. The van der Waals surface area contributed by atoms with E-state index in [1.807, 2.05) is 20.8 Å². The van der Waals surface area contributed by atoms with Crippen LogP contribution in [0, 0.1) is 11.8 Å². The summed E-state index contributed by atoms with van der Waals surface area (Å²) in [5.41, 5.74) is 5.59. The van der Waals surface area contributed by atoms with E-state index in [1.54, 1.807) is 11.6 Å². The molecular weight excluding hydrogens is 352 g/mol. The largest absolute Gasteiger partial charge is 0.345 e. The van der Waals surface area contributed by atoms with Gasteiger partial charge in [0, 0.05) is 32.9 Å². The minimum Gasteiger partial charge on any atom is -0.345 e. The van der Waals surface area contributed by atoms with Crippen LogP contribution in [-0.2, 0) is 17.1 Å². The summed E-state index contributed by atoms with van der Waals surface area (Å²) in [6, 6.07) is 1.46. The van der Waals surface area contributed by atoms with E-state index in [9.17, 15) is 13.2 Å². The fraction of sp³-hybridized carbons (Fsp3) is 0.722. The van der Waals surface area contributed by atoms with Crippen molar-refractivity contribution in [1.82, 2.24) is 14.2 Å². The smallest absolute Gasteiger partial charge is 0.268 e. The Morgan fingerprint density at radius 3 is 2.65 bits per heavy atom. The van der Waals surface area contributed by atoms with E-state index in [0.717, 1.165) is 12.8 Å². The van der Waals surface area contributed by atoms with Crippen LogP contribution in [0.15, 0.2) is 17.2 Å². The number of nitrogens with zero attached hydrogens (tertiary/aromatic N) is 2. The zero-order valence-electron chi connectivity index (χ0n) is 16.4. The maximum atomic E-state index is 12.9. The Balaban J connectivity index is 2.27. The highest BCUT2D eigenvalue weighted by atomic mass is 32.2. The average Bonchev–Trinajstić information content (AvgIpc) is 2.97. The molecule has 1 aromatic rings. The Morgan fingerprint density at radius 1 is 1.46 bits per heavy atom. The Labute approximate surface area is 157 Å². The molecule has 1 aliphatic rings. The summed E-state index contributed by atoms with van der Waals surface area (Å²) in [6.07, 6.45) is 3.42. The van der Waals surface area contributed by atoms with E-state index in [0.29, 0.717) is 31.2 Å². The third-order valence-corrected chi connectivity index (χ3v) is 7.40. The van der Waals surface area contributed by atoms with Gasteiger partial charge in [-0.25, -0.2) is 8.42 Å². The van der Waals surface area contributed by atoms with Crippen molar-refractivity contribution in [2.45, 2.75) is 51.0 Å². The van der Waals surface area contributed by atoms with Crippen LogP contribution in [-0.4, -0.2) is 48.4 Å². The van der Waals surface area contributed by atoms with Gasteiger partial charge in [0.2, 0.25) is 10.0 Å². The molecule has 0 spiro atoms. The molecule has 3 N–H and O–H groups in total. The first-order chi connectivity index (χ1) is 12.0. The van der Waals surface area contributed by atoms with Crippen LogP contribution < -0.4 is 11.1 Å². The van der Waals surface area contributed by atoms with Crippen molar-refractivity contribution in [1.29, 1.82) is 0 Å². The van der Waals surface area contributed by atoms with Crippen LogP contribution >= 0.6 is 0 Å². The number of hydrogen-bond acceptors (Lipinski definition) is 4. The Morgan fingerprint density at radius 2 is 2.12 bits per heavy atom. The van der Waals surface area contributed by atoms with Crippen LogP contribution in [0.1, 0.15) is 51.0 Å². The Bertz CT molecular complexity index is 756. The SMILES string of the molecule is CC1CCCN(S(=O)(=O)c2cc(C(=O)NC(C)(CN)C(C)C)n(C)c2)C1. The van der Waals surface area contributed by atoms with Crippen molar-refractivity contribution in [2.75, 3.05) is 19.6 Å². The standard InChI is InChI=1S/C18H32N4O3S/c1-13(2)18(4,12-19)20-17(23)16-9-15(11-21(16)5)26(24,25)22-8-6-7-14(3)10-22/h9,11,13-14H,6-8,10,12,19H2,1-5H3,(H,20,23).